The van der Waals surface area contributed by atoms with Crippen molar-refractivity contribution in [2.75, 3.05) is 0 Å². The van der Waals surface area contributed by atoms with Crippen molar-refractivity contribution < 1.29 is 24.8 Å². The van der Waals surface area contributed by atoms with Gasteiger partial charge in [-0.3, -0.25) is 0 Å². The number of fused-ring (bicyclic) bond motifs is 1. The van der Waals surface area contributed by atoms with Crippen LogP contribution in [-0.2, 0) is 26.8 Å². The number of furan rings is 1. The largest absolute Gasteiger partial charge is 0.147 e. The average molecular weight is 567 g/mol. The maximum atomic E-state index is 6.16. The Balaban J connectivity index is 0.00000181. The Hall–Kier alpha value is -0.600. The Morgan fingerprint density at radius 1 is 0.969 bits per heavy atom. The number of aryl methyl sites for hydroxylation is 1. The Labute approximate surface area is 214 Å². The van der Waals surface area contributed by atoms with E-state index in [1.54, 1.807) is 27.9 Å². The molecule has 2 atom stereocenters. The van der Waals surface area contributed by atoms with E-state index >= 15 is 0 Å². The van der Waals surface area contributed by atoms with Gasteiger partial charge in [0.25, 0.3) is 0 Å². The zero-order chi connectivity index (χ0) is 21.7. The van der Waals surface area contributed by atoms with E-state index in [4.69, 9.17) is 4.42 Å². The predicted octanol–water partition coefficient (Wildman–Crippen LogP) is 8.94. The second kappa shape index (κ2) is 10.8. The molecule has 4 rings (SSSR count). The van der Waals surface area contributed by atoms with E-state index in [0.717, 1.165) is 17.9 Å². The van der Waals surface area contributed by atoms with Crippen molar-refractivity contribution in [1.29, 1.82) is 0 Å². The summed E-state index contributed by atoms with van der Waals surface area (Å²) in [6.45, 7) is 19.3. The van der Waals surface area contributed by atoms with Gasteiger partial charge in [0, 0.05) is 0 Å². The van der Waals surface area contributed by atoms with Gasteiger partial charge in [0.2, 0.25) is 0 Å². The molecule has 2 unspecified atom stereocenters. The van der Waals surface area contributed by atoms with Gasteiger partial charge in [0.05, 0.1) is 0 Å². The first-order valence-corrected chi connectivity index (χ1v) is 20.1. The third-order valence-electron chi connectivity index (χ3n) is 7.31. The van der Waals surface area contributed by atoms with Gasteiger partial charge in [-0.25, -0.2) is 0 Å². The van der Waals surface area contributed by atoms with Crippen LogP contribution in [0.3, 0.4) is 0 Å². The van der Waals surface area contributed by atoms with Gasteiger partial charge < -0.3 is 0 Å². The van der Waals surface area contributed by atoms with Crippen LogP contribution >= 0.6 is 24.8 Å². The third-order valence-corrected chi connectivity index (χ3v) is 26.4. The van der Waals surface area contributed by atoms with Gasteiger partial charge >= 0.3 is 191 Å². The molecule has 172 valence electrons. The van der Waals surface area contributed by atoms with Crippen LogP contribution in [0.5, 0.6) is 0 Å². The summed E-state index contributed by atoms with van der Waals surface area (Å²) in [5.74, 6) is 2.74. The van der Waals surface area contributed by atoms with Crippen LogP contribution in [0.25, 0.3) is 17.4 Å². The second-order valence-corrected chi connectivity index (χ2v) is 26.6. The van der Waals surface area contributed by atoms with Crippen LogP contribution in [0.15, 0.2) is 60.3 Å². The molecule has 1 nitrogen and oxygen atoms in total. The van der Waals surface area contributed by atoms with Crippen molar-refractivity contribution >= 4 is 36.3 Å². The fourth-order valence-corrected chi connectivity index (χ4v) is 26.0. The molecule has 0 saturated heterocycles. The molecule has 2 aromatic rings. The third kappa shape index (κ3) is 4.52. The standard InChI is InChI=1S/C16H15O.C9H13.C2H6Si.2ClH.Zr/c1-3-13-7-8-16(17-13)14-6-4-5-12-9-11(2)10-15(12)14;1-6-5-7(2)9(4)8(6)3;1-3-2;;;/h4-10H,3H2,1-2H3;6H,1-4H3;1-2H3;2*1H;. The summed E-state index contributed by atoms with van der Waals surface area (Å²) in [6, 6.07) is 11.2. The Bertz CT molecular complexity index is 1160. The van der Waals surface area contributed by atoms with Crippen molar-refractivity contribution in [2.45, 2.75) is 64.7 Å². The Morgan fingerprint density at radius 2 is 1.66 bits per heavy atom. The number of halogens is 2. The molecule has 0 bridgehead atoms. The molecule has 2 aliphatic carbocycles. The molecule has 1 heterocycles. The minimum atomic E-state index is -1.92. The van der Waals surface area contributed by atoms with Crippen LogP contribution in [-0.4, -0.2) is 5.43 Å². The van der Waals surface area contributed by atoms with E-state index < -0.39 is 20.4 Å². The molecule has 5 heteroatoms. The number of rotatable bonds is 4. The first kappa shape index (κ1) is 27.6. The van der Waals surface area contributed by atoms with Crippen molar-refractivity contribution in [1.82, 2.24) is 0 Å². The van der Waals surface area contributed by atoms with E-state index in [-0.39, 0.29) is 30.2 Å². The smallest absolute Gasteiger partial charge is 0.147 e. The summed E-state index contributed by atoms with van der Waals surface area (Å²) in [7, 11) is 0. The summed E-state index contributed by atoms with van der Waals surface area (Å²) in [6.07, 6.45) is 3.43. The molecule has 32 heavy (non-hydrogen) atoms. The van der Waals surface area contributed by atoms with E-state index in [0.29, 0.717) is 9.54 Å². The minimum Gasteiger partial charge on any atom is -0.147 e. The first-order chi connectivity index (χ1) is 14.3. The van der Waals surface area contributed by atoms with Crippen LogP contribution in [0.1, 0.15) is 62.1 Å². The van der Waals surface area contributed by atoms with Crippen LogP contribution in [0, 0.1) is 5.92 Å². The fourth-order valence-electron chi connectivity index (χ4n) is 5.38. The Morgan fingerprint density at radius 3 is 2.19 bits per heavy atom. The van der Waals surface area contributed by atoms with E-state index in [1.165, 1.54) is 11.1 Å². The summed E-state index contributed by atoms with van der Waals surface area (Å²) < 4.78 is 8.74. The van der Waals surface area contributed by atoms with Gasteiger partial charge in [-0.05, 0) is 0 Å². The van der Waals surface area contributed by atoms with Crippen LogP contribution < -0.4 is 0 Å². The number of allylic oxidation sites excluding steroid dienone is 5. The van der Waals surface area contributed by atoms with E-state index in [1.807, 2.05) is 3.28 Å². The molecular formula is C27H36Cl2OSiZr. The molecule has 0 N–H and O–H groups in total. The molecular weight excluding hydrogens is 531 g/mol. The van der Waals surface area contributed by atoms with Crippen molar-refractivity contribution in [3.63, 3.8) is 0 Å². The maximum absolute atomic E-state index is 6.16. The van der Waals surface area contributed by atoms with E-state index in [9.17, 15) is 0 Å². The number of hydrogen-bond donors (Lipinski definition) is 0. The Kier molecular flexibility index (Phi) is 9.30. The summed E-state index contributed by atoms with van der Waals surface area (Å²) in [5.41, 5.74) is 10.3. The molecule has 1 aromatic heterocycles. The van der Waals surface area contributed by atoms with Crippen molar-refractivity contribution in [3.05, 3.63) is 72.8 Å². The molecule has 0 aliphatic heterocycles. The first-order valence-electron chi connectivity index (χ1n) is 11.2. The normalized spacial score (nSPS) is 19.4. The molecule has 0 radical (unpaired) electrons. The average Bonchev–Trinajstić information content (AvgIpc) is 3.37. The molecule has 0 fully saturated rings. The predicted molar refractivity (Wildman–Crippen MR) is 142 cm³/mol. The molecule has 0 saturated carbocycles. The minimum absolute atomic E-state index is 0. The van der Waals surface area contributed by atoms with Crippen molar-refractivity contribution in [2.24, 2.45) is 5.92 Å². The zero-order valence-electron chi connectivity index (χ0n) is 20.6. The molecule has 1 aromatic carbocycles. The van der Waals surface area contributed by atoms with Gasteiger partial charge in [0.1, 0.15) is 0 Å². The molecule has 0 spiro atoms. The summed E-state index contributed by atoms with van der Waals surface area (Å²) >= 11 is -1.92. The monoisotopic (exact) mass is 564 g/mol. The van der Waals surface area contributed by atoms with Gasteiger partial charge in [-0.15, -0.1) is 24.8 Å². The van der Waals surface area contributed by atoms with Gasteiger partial charge in [0.15, 0.2) is 0 Å². The number of hydrogen-bond acceptors (Lipinski definition) is 1. The van der Waals surface area contributed by atoms with Crippen LogP contribution in [0.2, 0.25) is 13.1 Å². The maximum Gasteiger partial charge on any atom is -0.147 e. The van der Waals surface area contributed by atoms with Gasteiger partial charge in [-0.1, -0.05) is 0 Å². The SMILES string of the molecule is CCc1ccc(-c2cccc3c2C=C(C)[CH]3[Zr]([C]2=C(C)C(C)=C(C)C2C)=[Si](C)C)o1.Cl.Cl. The number of benzene rings is 1. The van der Waals surface area contributed by atoms with Crippen LogP contribution in [0.4, 0.5) is 0 Å². The molecule has 2 aliphatic rings. The summed E-state index contributed by atoms with van der Waals surface area (Å²) in [4.78, 5) is 0. The van der Waals surface area contributed by atoms with E-state index in [2.05, 4.69) is 91.0 Å². The quantitative estimate of drug-likeness (QED) is 0.337. The zero-order valence-corrected chi connectivity index (χ0v) is 25.6. The molecule has 0 amide bonds. The second-order valence-electron chi connectivity index (χ2n) is 9.23. The summed E-state index contributed by atoms with van der Waals surface area (Å²) in [5, 5.41) is 0. The topological polar surface area (TPSA) is 13.1 Å². The van der Waals surface area contributed by atoms with Crippen molar-refractivity contribution in [3.8, 4) is 11.3 Å². The van der Waals surface area contributed by atoms with Gasteiger partial charge in [-0.2, -0.15) is 0 Å². The fraction of sp³-hybridized carbons (Fsp3) is 0.407.